The Kier molecular flexibility index (Phi) is 5.98. The van der Waals surface area contributed by atoms with Crippen molar-refractivity contribution in [2.45, 2.75) is 24.0 Å². The van der Waals surface area contributed by atoms with Gasteiger partial charge in [0.05, 0.1) is 4.90 Å². The zero-order valence-electron chi connectivity index (χ0n) is 11.6. The van der Waals surface area contributed by atoms with Crippen LogP contribution in [0.5, 0.6) is 0 Å². The van der Waals surface area contributed by atoms with Gasteiger partial charge in [-0.25, -0.2) is 8.42 Å². The monoisotopic (exact) mass is 335 g/mol. The number of carbonyl (C=O) groups excluding carboxylic acids is 1. The van der Waals surface area contributed by atoms with Gasteiger partial charge in [0.2, 0.25) is 9.84 Å². The second-order valence-corrected chi connectivity index (χ2v) is 6.66. The Bertz CT molecular complexity index is 643. The molecule has 0 spiro atoms. The standard InChI is InChI=1S/C13H15F2NO5S/c1-8(6-11(17)18)7-16-12(19)9-2-4-10(5-3-9)22(20,21)13(14)15/h2-5,8,13H,6-7H2,1H3,(H,16,19)(H,17,18). The Labute approximate surface area is 126 Å². The van der Waals surface area contributed by atoms with Crippen molar-refractivity contribution in [3.05, 3.63) is 29.8 Å². The number of nitrogens with one attached hydrogen (secondary N) is 1. The van der Waals surface area contributed by atoms with Crippen molar-refractivity contribution in [2.24, 2.45) is 5.92 Å². The fourth-order valence-electron chi connectivity index (χ4n) is 1.64. The van der Waals surface area contributed by atoms with Gasteiger partial charge < -0.3 is 10.4 Å². The first-order valence-electron chi connectivity index (χ1n) is 6.26. The molecule has 0 aliphatic carbocycles. The summed E-state index contributed by atoms with van der Waals surface area (Å²) in [5.74, 6) is -5.33. The van der Waals surface area contributed by atoms with Gasteiger partial charge in [0.15, 0.2) is 0 Å². The van der Waals surface area contributed by atoms with Gasteiger partial charge in [-0.3, -0.25) is 9.59 Å². The number of carboxylic acids is 1. The van der Waals surface area contributed by atoms with Gasteiger partial charge >= 0.3 is 11.7 Å². The highest BCUT2D eigenvalue weighted by Crippen LogP contribution is 2.18. The lowest BCUT2D eigenvalue weighted by atomic mass is 10.1. The van der Waals surface area contributed by atoms with Crippen LogP contribution in [0.3, 0.4) is 0 Å². The molecule has 1 aromatic rings. The van der Waals surface area contributed by atoms with Gasteiger partial charge in [-0.1, -0.05) is 6.92 Å². The minimum Gasteiger partial charge on any atom is -0.481 e. The van der Waals surface area contributed by atoms with Gasteiger partial charge in [0.1, 0.15) is 0 Å². The molecule has 0 aliphatic heterocycles. The number of hydrogen-bond donors (Lipinski definition) is 2. The molecule has 0 bridgehead atoms. The predicted octanol–water partition coefficient (Wildman–Crippen LogP) is 1.52. The fourth-order valence-corrected chi connectivity index (χ4v) is 2.36. The van der Waals surface area contributed by atoms with E-state index in [1.165, 1.54) is 0 Å². The van der Waals surface area contributed by atoms with Crippen LogP contribution in [0, 0.1) is 5.92 Å². The average molecular weight is 335 g/mol. The van der Waals surface area contributed by atoms with Gasteiger partial charge in [0, 0.05) is 18.5 Å². The molecule has 1 atom stereocenters. The topological polar surface area (TPSA) is 101 Å². The van der Waals surface area contributed by atoms with Gasteiger partial charge in [0.25, 0.3) is 5.91 Å². The molecule has 1 amide bonds. The third-order valence-electron chi connectivity index (χ3n) is 2.81. The summed E-state index contributed by atoms with van der Waals surface area (Å²) in [5, 5.41) is 11.1. The molecule has 1 unspecified atom stereocenters. The summed E-state index contributed by atoms with van der Waals surface area (Å²) in [7, 11) is -4.69. The third-order valence-corrected chi connectivity index (χ3v) is 4.21. The summed E-state index contributed by atoms with van der Waals surface area (Å²) in [6, 6.07) is 4.09. The molecule has 0 aromatic heterocycles. The maximum Gasteiger partial charge on any atom is 0.341 e. The molecule has 0 saturated carbocycles. The molecular weight excluding hydrogens is 320 g/mol. The first-order valence-corrected chi connectivity index (χ1v) is 7.81. The van der Waals surface area contributed by atoms with Gasteiger partial charge in [-0.05, 0) is 30.2 Å². The zero-order chi connectivity index (χ0) is 16.9. The number of hydrogen-bond acceptors (Lipinski definition) is 4. The molecule has 0 fully saturated rings. The number of alkyl halides is 2. The number of benzene rings is 1. The minimum atomic E-state index is -4.69. The summed E-state index contributed by atoms with van der Waals surface area (Å²) < 4.78 is 47.2. The molecule has 122 valence electrons. The second kappa shape index (κ2) is 7.30. The molecule has 0 radical (unpaired) electrons. The molecule has 9 heteroatoms. The fraction of sp³-hybridized carbons (Fsp3) is 0.385. The van der Waals surface area contributed by atoms with Crippen LogP contribution in [0.4, 0.5) is 8.78 Å². The summed E-state index contributed by atoms with van der Waals surface area (Å²) in [6.45, 7) is 1.77. The summed E-state index contributed by atoms with van der Waals surface area (Å²) >= 11 is 0. The highest BCUT2D eigenvalue weighted by molar-refractivity contribution is 7.91. The van der Waals surface area contributed by atoms with E-state index in [2.05, 4.69) is 5.32 Å². The lowest BCUT2D eigenvalue weighted by molar-refractivity contribution is -0.137. The van der Waals surface area contributed by atoms with Crippen LogP contribution < -0.4 is 5.32 Å². The number of carboxylic acid groups (broad SMARTS) is 1. The molecule has 1 aromatic carbocycles. The van der Waals surface area contributed by atoms with E-state index in [1.54, 1.807) is 6.92 Å². The van der Waals surface area contributed by atoms with Crippen LogP contribution in [0.25, 0.3) is 0 Å². The quantitative estimate of drug-likeness (QED) is 0.787. The Morgan fingerprint density at radius 1 is 1.23 bits per heavy atom. The summed E-state index contributed by atoms with van der Waals surface area (Å²) in [4.78, 5) is 21.7. The lowest BCUT2D eigenvalue weighted by Crippen LogP contribution is -2.29. The SMILES string of the molecule is CC(CNC(=O)c1ccc(S(=O)(=O)C(F)F)cc1)CC(=O)O. The summed E-state index contributed by atoms with van der Waals surface area (Å²) in [5.41, 5.74) is 0.0933. The lowest BCUT2D eigenvalue weighted by Gasteiger charge is -2.10. The molecule has 0 aliphatic rings. The normalized spacial score (nSPS) is 12.9. The van der Waals surface area contributed by atoms with E-state index < -0.39 is 32.4 Å². The number of carbonyl (C=O) groups is 2. The Hall–Kier alpha value is -2.03. The smallest absolute Gasteiger partial charge is 0.341 e. The number of halogens is 2. The van der Waals surface area contributed by atoms with E-state index >= 15 is 0 Å². The maximum absolute atomic E-state index is 12.4. The van der Waals surface area contributed by atoms with E-state index in [9.17, 15) is 26.8 Å². The second-order valence-electron chi connectivity index (χ2n) is 4.74. The zero-order valence-corrected chi connectivity index (χ0v) is 12.4. The van der Waals surface area contributed by atoms with Crippen LogP contribution in [-0.4, -0.2) is 37.7 Å². The van der Waals surface area contributed by atoms with E-state index in [0.717, 1.165) is 24.3 Å². The number of sulfone groups is 1. The van der Waals surface area contributed by atoms with Gasteiger partial charge in [-0.2, -0.15) is 8.78 Å². The highest BCUT2D eigenvalue weighted by Gasteiger charge is 2.26. The van der Waals surface area contributed by atoms with E-state index in [1.807, 2.05) is 0 Å². The van der Waals surface area contributed by atoms with Crippen LogP contribution in [-0.2, 0) is 14.6 Å². The van der Waals surface area contributed by atoms with Crippen LogP contribution in [0.15, 0.2) is 29.2 Å². The Morgan fingerprint density at radius 3 is 2.23 bits per heavy atom. The molecule has 0 saturated heterocycles. The van der Waals surface area contributed by atoms with Crippen molar-refractivity contribution in [1.29, 1.82) is 0 Å². The largest absolute Gasteiger partial charge is 0.481 e. The maximum atomic E-state index is 12.4. The third kappa shape index (κ3) is 4.76. The Morgan fingerprint density at radius 2 is 1.77 bits per heavy atom. The Balaban J connectivity index is 2.71. The van der Waals surface area contributed by atoms with Crippen LogP contribution in [0.2, 0.25) is 0 Å². The number of rotatable bonds is 7. The molecule has 6 nitrogen and oxygen atoms in total. The molecule has 22 heavy (non-hydrogen) atoms. The molecule has 0 heterocycles. The van der Waals surface area contributed by atoms with E-state index in [4.69, 9.17) is 5.11 Å². The van der Waals surface area contributed by atoms with Crippen molar-refractivity contribution in [2.75, 3.05) is 6.54 Å². The molecule has 2 N–H and O–H groups in total. The van der Waals surface area contributed by atoms with Gasteiger partial charge in [-0.15, -0.1) is 0 Å². The van der Waals surface area contributed by atoms with Crippen molar-refractivity contribution in [1.82, 2.24) is 5.32 Å². The summed E-state index contributed by atoms with van der Waals surface area (Å²) in [6.07, 6.45) is -0.105. The number of amides is 1. The van der Waals surface area contributed by atoms with Crippen molar-refractivity contribution >= 4 is 21.7 Å². The van der Waals surface area contributed by atoms with E-state index in [-0.39, 0.29) is 24.4 Å². The minimum absolute atomic E-state index is 0.0933. The van der Waals surface area contributed by atoms with Crippen molar-refractivity contribution in [3.63, 3.8) is 0 Å². The van der Waals surface area contributed by atoms with Crippen LogP contribution >= 0.6 is 0 Å². The number of aliphatic carboxylic acids is 1. The molecule has 1 rings (SSSR count). The average Bonchev–Trinajstić information content (AvgIpc) is 2.44. The predicted molar refractivity (Wildman–Crippen MR) is 73.4 cm³/mol. The van der Waals surface area contributed by atoms with E-state index in [0.29, 0.717) is 0 Å². The van der Waals surface area contributed by atoms with Crippen molar-refractivity contribution < 1.29 is 31.9 Å². The molecular formula is C13H15F2NO5S. The first-order chi connectivity index (χ1) is 10.1. The first kappa shape index (κ1) is 18.0. The van der Waals surface area contributed by atoms with Crippen molar-refractivity contribution in [3.8, 4) is 0 Å². The highest BCUT2D eigenvalue weighted by atomic mass is 32.2. The van der Waals surface area contributed by atoms with Crippen LogP contribution in [0.1, 0.15) is 23.7 Å².